The molecule has 1 heterocycles. The summed E-state index contributed by atoms with van der Waals surface area (Å²) in [6, 6.07) is 0. The molecule has 0 aromatic rings. The Morgan fingerprint density at radius 3 is 2.47 bits per heavy atom. The van der Waals surface area contributed by atoms with Crippen LogP contribution in [-0.2, 0) is 9.53 Å². The standard InChI is InChI=1S/C16H22O3/c1-8-6-9(2)13(10(3)7-8)14-15(17)11(4)12(5)19-16(14)18/h6,10,14-15,17H,7H2,1-5H3. The molecule has 0 saturated carbocycles. The first kappa shape index (κ1) is 14.1. The summed E-state index contributed by atoms with van der Waals surface area (Å²) < 4.78 is 5.28. The lowest BCUT2D eigenvalue weighted by atomic mass is 9.74. The van der Waals surface area contributed by atoms with Gasteiger partial charge in [0.25, 0.3) is 0 Å². The summed E-state index contributed by atoms with van der Waals surface area (Å²) in [5, 5.41) is 10.4. The highest BCUT2D eigenvalue weighted by Crippen LogP contribution is 2.39. The number of hydrogen-bond acceptors (Lipinski definition) is 3. The van der Waals surface area contributed by atoms with E-state index < -0.39 is 12.0 Å². The predicted octanol–water partition coefficient (Wildman–Crippen LogP) is 3.12. The topological polar surface area (TPSA) is 46.5 Å². The van der Waals surface area contributed by atoms with Crippen LogP contribution in [0, 0.1) is 11.8 Å². The number of rotatable bonds is 1. The zero-order valence-electron chi connectivity index (χ0n) is 12.3. The van der Waals surface area contributed by atoms with Gasteiger partial charge in [0.05, 0.1) is 6.10 Å². The quantitative estimate of drug-likeness (QED) is 0.739. The van der Waals surface area contributed by atoms with Crippen LogP contribution in [0.4, 0.5) is 0 Å². The van der Waals surface area contributed by atoms with E-state index in [0.717, 1.165) is 23.1 Å². The Hall–Kier alpha value is -1.35. The van der Waals surface area contributed by atoms with Crippen molar-refractivity contribution in [1.82, 2.24) is 0 Å². The van der Waals surface area contributed by atoms with Crippen molar-refractivity contribution < 1.29 is 14.6 Å². The predicted molar refractivity (Wildman–Crippen MR) is 74.2 cm³/mol. The average molecular weight is 262 g/mol. The lowest BCUT2D eigenvalue weighted by Crippen LogP contribution is -2.39. The second kappa shape index (κ2) is 4.97. The maximum Gasteiger partial charge on any atom is 0.321 e. The van der Waals surface area contributed by atoms with Crippen molar-refractivity contribution in [3.8, 4) is 0 Å². The monoisotopic (exact) mass is 262 g/mol. The molecule has 19 heavy (non-hydrogen) atoms. The molecule has 0 aromatic carbocycles. The number of aliphatic hydroxyl groups is 1. The number of hydrogen-bond donors (Lipinski definition) is 1. The molecular weight excluding hydrogens is 240 g/mol. The fourth-order valence-electron chi connectivity index (χ4n) is 3.22. The molecule has 3 unspecified atom stereocenters. The highest BCUT2D eigenvalue weighted by atomic mass is 16.5. The maximum absolute atomic E-state index is 12.2. The number of carbonyl (C=O) groups is 1. The molecule has 1 N–H and O–H groups in total. The normalized spacial score (nSPS) is 32.4. The molecular formula is C16H22O3. The van der Waals surface area contributed by atoms with Crippen LogP contribution in [0.1, 0.15) is 41.0 Å². The third-order valence-corrected chi connectivity index (χ3v) is 4.23. The van der Waals surface area contributed by atoms with Crippen LogP contribution in [0.5, 0.6) is 0 Å². The molecule has 0 aromatic heterocycles. The summed E-state index contributed by atoms with van der Waals surface area (Å²) in [6.45, 7) is 9.76. The molecule has 3 atom stereocenters. The number of allylic oxidation sites excluding steroid dienone is 4. The van der Waals surface area contributed by atoms with Gasteiger partial charge in [-0.3, -0.25) is 4.79 Å². The van der Waals surface area contributed by atoms with Crippen LogP contribution in [0.25, 0.3) is 0 Å². The van der Waals surface area contributed by atoms with E-state index in [2.05, 4.69) is 19.9 Å². The minimum Gasteiger partial charge on any atom is -0.431 e. The van der Waals surface area contributed by atoms with Crippen LogP contribution in [0.3, 0.4) is 0 Å². The van der Waals surface area contributed by atoms with Crippen molar-refractivity contribution in [1.29, 1.82) is 0 Å². The third-order valence-electron chi connectivity index (χ3n) is 4.23. The van der Waals surface area contributed by atoms with Crippen molar-refractivity contribution in [3.63, 3.8) is 0 Å². The zero-order valence-corrected chi connectivity index (χ0v) is 12.3. The third kappa shape index (κ3) is 2.39. The van der Waals surface area contributed by atoms with Crippen LogP contribution < -0.4 is 0 Å². The Morgan fingerprint density at radius 2 is 1.89 bits per heavy atom. The van der Waals surface area contributed by atoms with Gasteiger partial charge in [-0.1, -0.05) is 24.1 Å². The molecule has 1 aliphatic carbocycles. The van der Waals surface area contributed by atoms with E-state index in [1.165, 1.54) is 5.57 Å². The van der Waals surface area contributed by atoms with E-state index in [0.29, 0.717) is 5.76 Å². The number of esters is 1. The van der Waals surface area contributed by atoms with Crippen molar-refractivity contribution in [2.45, 2.75) is 47.1 Å². The Bertz CT molecular complexity index is 508. The van der Waals surface area contributed by atoms with Gasteiger partial charge in [-0.15, -0.1) is 0 Å². The maximum atomic E-state index is 12.2. The molecule has 1 aliphatic heterocycles. The second-order valence-corrected chi connectivity index (χ2v) is 5.82. The molecule has 2 aliphatic rings. The van der Waals surface area contributed by atoms with Crippen LogP contribution in [0.2, 0.25) is 0 Å². The average Bonchev–Trinajstić information content (AvgIpc) is 2.29. The first-order chi connectivity index (χ1) is 8.82. The molecule has 0 radical (unpaired) electrons. The molecule has 3 nitrogen and oxygen atoms in total. The van der Waals surface area contributed by atoms with Crippen LogP contribution >= 0.6 is 0 Å². The van der Waals surface area contributed by atoms with E-state index in [-0.39, 0.29) is 11.9 Å². The van der Waals surface area contributed by atoms with Gasteiger partial charge >= 0.3 is 5.97 Å². The molecule has 3 heteroatoms. The fourth-order valence-corrected chi connectivity index (χ4v) is 3.22. The van der Waals surface area contributed by atoms with Crippen LogP contribution in [-0.4, -0.2) is 17.2 Å². The second-order valence-electron chi connectivity index (χ2n) is 5.82. The van der Waals surface area contributed by atoms with Crippen molar-refractivity contribution >= 4 is 5.97 Å². The summed E-state index contributed by atoms with van der Waals surface area (Å²) in [6.07, 6.45) is 2.28. The zero-order chi connectivity index (χ0) is 14.3. The highest BCUT2D eigenvalue weighted by Gasteiger charge is 2.40. The smallest absolute Gasteiger partial charge is 0.321 e. The molecule has 2 rings (SSSR count). The molecule has 0 amide bonds. The number of ether oxygens (including phenoxy) is 1. The lowest BCUT2D eigenvalue weighted by Gasteiger charge is -2.35. The van der Waals surface area contributed by atoms with E-state index in [1.54, 1.807) is 6.92 Å². The molecule has 0 saturated heterocycles. The minimum absolute atomic E-state index is 0.267. The lowest BCUT2D eigenvalue weighted by molar-refractivity contribution is -0.148. The van der Waals surface area contributed by atoms with E-state index >= 15 is 0 Å². The first-order valence-electron chi connectivity index (χ1n) is 6.78. The minimum atomic E-state index is -0.763. The summed E-state index contributed by atoms with van der Waals surface area (Å²) in [5.41, 5.74) is 4.18. The Morgan fingerprint density at radius 1 is 1.26 bits per heavy atom. The largest absolute Gasteiger partial charge is 0.431 e. The Kier molecular flexibility index (Phi) is 3.68. The van der Waals surface area contributed by atoms with Gasteiger partial charge in [-0.05, 0) is 51.2 Å². The summed E-state index contributed by atoms with van der Waals surface area (Å²) in [5.74, 6) is -0.0848. The number of aliphatic hydroxyl groups excluding tert-OH is 1. The summed E-state index contributed by atoms with van der Waals surface area (Å²) in [4.78, 5) is 12.2. The van der Waals surface area contributed by atoms with Gasteiger partial charge in [0, 0.05) is 0 Å². The number of carbonyl (C=O) groups excluding carboxylic acids is 1. The SMILES string of the molecule is CC1=CC(C)=C(C2C(=O)OC(C)=C(C)C2O)C(C)C1. The van der Waals surface area contributed by atoms with Crippen molar-refractivity contribution in [2.24, 2.45) is 11.8 Å². The van der Waals surface area contributed by atoms with E-state index in [4.69, 9.17) is 4.74 Å². The fraction of sp³-hybridized carbons (Fsp3) is 0.562. The van der Waals surface area contributed by atoms with E-state index in [9.17, 15) is 9.90 Å². The highest BCUT2D eigenvalue weighted by molar-refractivity contribution is 5.80. The van der Waals surface area contributed by atoms with Gasteiger partial charge in [-0.25, -0.2) is 0 Å². The first-order valence-corrected chi connectivity index (χ1v) is 6.78. The van der Waals surface area contributed by atoms with Crippen molar-refractivity contribution in [2.75, 3.05) is 0 Å². The Labute approximate surface area is 114 Å². The Balaban J connectivity index is 2.47. The van der Waals surface area contributed by atoms with E-state index in [1.807, 2.05) is 13.8 Å². The molecule has 0 spiro atoms. The van der Waals surface area contributed by atoms with Gasteiger partial charge in [0.15, 0.2) is 0 Å². The van der Waals surface area contributed by atoms with Crippen LogP contribution in [0.15, 0.2) is 34.1 Å². The summed E-state index contributed by atoms with van der Waals surface area (Å²) >= 11 is 0. The van der Waals surface area contributed by atoms with Gasteiger partial charge in [0.1, 0.15) is 11.7 Å². The molecule has 0 bridgehead atoms. The van der Waals surface area contributed by atoms with Gasteiger partial charge in [-0.2, -0.15) is 0 Å². The number of cyclic esters (lactones) is 1. The summed E-state index contributed by atoms with van der Waals surface area (Å²) in [7, 11) is 0. The van der Waals surface area contributed by atoms with Gasteiger partial charge in [0.2, 0.25) is 0 Å². The molecule has 104 valence electrons. The molecule has 0 fully saturated rings. The van der Waals surface area contributed by atoms with Gasteiger partial charge < -0.3 is 9.84 Å². The van der Waals surface area contributed by atoms with Crippen molar-refractivity contribution in [3.05, 3.63) is 34.1 Å².